The van der Waals surface area contributed by atoms with E-state index in [1.165, 1.54) is 25.7 Å². The van der Waals surface area contributed by atoms with Crippen LogP contribution in [0.5, 0.6) is 11.5 Å². The van der Waals surface area contributed by atoms with Crippen molar-refractivity contribution < 1.29 is 14.9 Å². The Kier molecular flexibility index (Phi) is 10.1. The normalized spacial score (nSPS) is 12.4. The van der Waals surface area contributed by atoms with Crippen LogP contribution < -0.4 is 4.74 Å². The minimum atomic E-state index is -0.117. The maximum Gasteiger partial charge on any atom is 0.119 e. The number of aliphatic hydroxyl groups excluding tert-OH is 1. The zero-order valence-corrected chi connectivity index (χ0v) is 16.8. The van der Waals surface area contributed by atoms with Crippen LogP contribution in [-0.4, -0.2) is 22.9 Å². The molecule has 28 heavy (non-hydrogen) atoms. The van der Waals surface area contributed by atoms with E-state index in [0.29, 0.717) is 5.69 Å². The Hall–Kier alpha value is -2.40. The molecule has 5 nitrogen and oxygen atoms in total. The maximum absolute atomic E-state index is 9.51. The summed E-state index contributed by atoms with van der Waals surface area (Å²) in [6.45, 7) is 2.75. The molecule has 0 saturated heterocycles. The van der Waals surface area contributed by atoms with Crippen molar-refractivity contribution in [3.63, 3.8) is 0 Å². The number of phenols is 1. The molecule has 0 fully saturated rings. The Morgan fingerprint density at radius 1 is 0.786 bits per heavy atom. The van der Waals surface area contributed by atoms with Gasteiger partial charge in [0.1, 0.15) is 11.5 Å². The fraction of sp³-hybridized carbons (Fsp3) is 0.478. The van der Waals surface area contributed by atoms with Gasteiger partial charge in [0.25, 0.3) is 0 Å². The number of rotatable bonds is 13. The summed E-state index contributed by atoms with van der Waals surface area (Å²) in [5, 5.41) is 27.1. The van der Waals surface area contributed by atoms with Crippen LogP contribution >= 0.6 is 0 Å². The fourth-order valence-electron chi connectivity index (χ4n) is 2.83. The zero-order chi connectivity index (χ0) is 20.0. The average Bonchev–Trinajstić information content (AvgIpc) is 2.72. The maximum atomic E-state index is 9.51. The van der Waals surface area contributed by atoms with E-state index in [1.807, 2.05) is 31.2 Å². The van der Waals surface area contributed by atoms with Crippen molar-refractivity contribution in [2.24, 2.45) is 10.2 Å². The number of aliphatic hydroxyl groups is 1. The lowest BCUT2D eigenvalue weighted by Gasteiger charge is -2.07. The van der Waals surface area contributed by atoms with Crippen LogP contribution in [0.2, 0.25) is 0 Å². The number of nitrogens with zero attached hydrogens (tertiary/aromatic N) is 2. The summed E-state index contributed by atoms with van der Waals surface area (Å²) < 4.78 is 5.78. The molecule has 0 aliphatic carbocycles. The number of phenolic OH excluding ortho intramolecular Hbond substituents is 1. The van der Waals surface area contributed by atoms with Crippen LogP contribution in [0.3, 0.4) is 0 Å². The third-order valence-electron chi connectivity index (χ3n) is 4.64. The van der Waals surface area contributed by atoms with Gasteiger partial charge < -0.3 is 14.9 Å². The van der Waals surface area contributed by atoms with Gasteiger partial charge in [0, 0.05) is 0 Å². The van der Waals surface area contributed by atoms with Gasteiger partial charge in [0.15, 0.2) is 0 Å². The summed E-state index contributed by atoms with van der Waals surface area (Å²) in [6.07, 6.45) is 8.70. The molecule has 1 unspecified atom stereocenters. The van der Waals surface area contributed by atoms with Gasteiger partial charge in [-0.05, 0) is 67.8 Å². The summed E-state index contributed by atoms with van der Waals surface area (Å²) in [7, 11) is 0. The van der Waals surface area contributed by atoms with Gasteiger partial charge >= 0.3 is 0 Å². The van der Waals surface area contributed by atoms with E-state index in [4.69, 9.17) is 4.74 Å². The van der Waals surface area contributed by atoms with Crippen LogP contribution in [0.4, 0.5) is 11.4 Å². The van der Waals surface area contributed by atoms with Gasteiger partial charge in [-0.3, -0.25) is 0 Å². The number of hydrogen-bond donors (Lipinski definition) is 2. The molecule has 0 saturated carbocycles. The van der Waals surface area contributed by atoms with Gasteiger partial charge in [-0.2, -0.15) is 10.2 Å². The first-order chi connectivity index (χ1) is 13.7. The third-order valence-corrected chi connectivity index (χ3v) is 4.64. The van der Waals surface area contributed by atoms with Crippen LogP contribution in [0.15, 0.2) is 58.8 Å². The molecule has 0 radical (unpaired) electrons. The first-order valence-electron chi connectivity index (χ1n) is 10.3. The second kappa shape index (κ2) is 12.9. The molecule has 5 heteroatoms. The van der Waals surface area contributed by atoms with Gasteiger partial charge in [0.05, 0.1) is 24.1 Å². The molecule has 0 heterocycles. The second-order valence-electron chi connectivity index (χ2n) is 7.03. The van der Waals surface area contributed by atoms with Crippen molar-refractivity contribution in [3.05, 3.63) is 48.5 Å². The minimum Gasteiger partial charge on any atom is -0.508 e. The van der Waals surface area contributed by atoms with E-state index in [0.717, 1.165) is 43.7 Å². The van der Waals surface area contributed by atoms with Crippen LogP contribution in [0.1, 0.15) is 58.3 Å². The molecule has 152 valence electrons. The van der Waals surface area contributed by atoms with Crippen LogP contribution in [0, 0.1) is 0 Å². The molecule has 0 bridgehead atoms. The number of benzene rings is 2. The highest BCUT2D eigenvalue weighted by Crippen LogP contribution is 2.22. The van der Waals surface area contributed by atoms with Gasteiger partial charge in [-0.25, -0.2) is 0 Å². The number of aromatic hydroxyl groups is 1. The first-order valence-corrected chi connectivity index (χ1v) is 10.3. The second-order valence-corrected chi connectivity index (χ2v) is 7.03. The van der Waals surface area contributed by atoms with E-state index >= 15 is 0 Å². The van der Waals surface area contributed by atoms with Gasteiger partial charge in [0.2, 0.25) is 0 Å². The molecule has 2 aromatic rings. The standard InChI is InChI=1S/C23H32N2O3/c1-2-21(26)9-7-5-3-4-6-8-18-28-23-16-12-20(13-17-23)25-24-19-10-14-22(27)15-11-19/h10-17,21,26-27H,2-9,18H2,1H3. The Morgan fingerprint density at radius 3 is 1.93 bits per heavy atom. The molecule has 0 spiro atoms. The first kappa shape index (κ1) is 21.9. The molecule has 0 aliphatic rings. The van der Waals surface area contributed by atoms with E-state index in [2.05, 4.69) is 10.2 Å². The largest absolute Gasteiger partial charge is 0.508 e. The van der Waals surface area contributed by atoms with Gasteiger partial charge in [-0.1, -0.05) is 39.0 Å². The van der Waals surface area contributed by atoms with E-state index in [-0.39, 0.29) is 11.9 Å². The number of unbranched alkanes of at least 4 members (excludes halogenated alkanes) is 5. The van der Waals surface area contributed by atoms with E-state index in [1.54, 1.807) is 24.3 Å². The van der Waals surface area contributed by atoms with E-state index < -0.39 is 0 Å². The molecule has 1 atom stereocenters. The molecule has 0 aromatic heterocycles. The smallest absolute Gasteiger partial charge is 0.119 e. The Bertz CT molecular complexity index is 684. The summed E-state index contributed by atoms with van der Waals surface area (Å²) in [6, 6.07) is 14.2. The molecule has 2 aromatic carbocycles. The number of hydrogen-bond acceptors (Lipinski definition) is 5. The van der Waals surface area contributed by atoms with Crippen LogP contribution in [0.25, 0.3) is 0 Å². The summed E-state index contributed by atoms with van der Waals surface area (Å²) >= 11 is 0. The van der Waals surface area contributed by atoms with Crippen LogP contribution in [-0.2, 0) is 0 Å². The van der Waals surface area contributed by atoms with Crippen molar-refractivity contribution in [2.75, 3.05) is 6.61 Å². The predicted octanol–water partition coefficient (Wildman–Crippen LogP) is 6.69. The Morgan fingerprint density at radius 2 is 1.32 bits per heavy atom. The summed E-state index contributed by atoms with van der Waals surface area (Å²) in [5.74, 6) is 1.06. The predicted molar refractivity (Wildman–Crippen MR) is 113 cm³/mol. The van der Waals surface area contributed by atoms with E-state index in [9.17, 15) is 10.2 Å². The summed E-state index contributed by atoms with van der Waals surface area (Å²) in [4.78, 5) is 0. The lowest BCUT2D eigenvalue weighted by Crippen LogP contribution is -2.03. The lowest BCUT2D eigenvalue weighted by molar-refractivity contribution is 0.156. The molecule has 0 aliphatic heterocycles. The molecule has 0 amide bonds. The third kappa shape index (κ3) is 9.00. The van der Waals surface area contributed by atoms with Crippen molar-refractivity contribution >= 4 is 11.4 Å². The number of ether oxygens (including phenoxy) is 1. The zero-order valence-electron chi connectivity index (χ0n) is 16.8. The molecule has 2 rings (SSSR count). The van der Waals surface area contributed by atoms with Crippen molar-refractivity contribution in [3.8, 4) is 11.5 Å². The highest BCUT2D eigenvalue weighted by Gasteiger charge is 2.00. The quantitative estimate of drug-likeness (QED) is 0.298. The molecular formula is C23H32N2O3. The molecule has 2 N–H and O–H groups in total. The van der Waals surface area contributed by atoms with Crippen molar-refractivity contribution in [2.45, 2.75) is 64.4 Å². The van der Waals surface area contributed by atoms with Crippen molar-refractivity contribution in [1.29, 1.82) is 0 Å². The topological polar surface area (TPSA) is 74.4 Å². The van der Waals surface area contributed by atoms with Gasteiger partial charge in [-0.15, -0.1) is 0 Å². The van der Waals surface area contributed by atoms with Crippen molar-refractivity contribution in [1.82, 2.24) is 0 Å². The monoisotopic (exact) mass is 384 g/mol. The fourth-order valence-corrected chi connectivity index (χ4v) is 2.83. The SMILES string of the molecule is CCC(O)CCCCCCCCOc1ccc(N=Nc2ccc(O)cc2)cc1. The highest BCUT2D eigenvalue weighted by molar-refractivity contribution is 5.43. The Labute approximate surface area is 168 Å². The summed E-state index contributed by atoms with van der Waals surface area (Å²) in [5.41, 5.74) is 1.45. The lowest BCUT2D eigenvalue weighted by atomic mass is 10.1. The molecular weight excluding hydrogens is 352 g/mol. The highest BCUT2D eigenvalue weighted by atomic mass is 16.5. The number of azo groups is 1. The average molecular weight is 385 g/mol. The minimum absolute atomic E-state index is 0.117. The Balaban J connectivity index is 1.57.